The summed E-state index contributed by atoms with van der Waals surface area (Å²) in [4.78, 5) is 0. The zero-order valence-corrected chi connectivity index (χ0v) is 11.2. The van der Waals surface area contributed by atoms with Gasteiger partial charge in [-0.3, -0.25) is 0 Å². The van der Waals surface area contributed by atoms with Crippen LogP contribution in [0.5, 0.6) is 5.75 Å². The molecule has 0 radical (unpaired) electrons. The molecule has 0 amide bonds. The van der Waals surface area contributed by atoms with Crippen LogP contribution in [0.25, 0.3) is 0 Å². The molecule has 1 atom stereocenters. The fourth-order valence-electron chi connectivity index (χ4n) is 2.12. The van der Waals surface area contributed by atoms with E-state index in [9.17, 15) is 4.39 Å². The maximum Gasteiger partial charge on any atom is 0.128 e. The molecule has 0 aliphatic rings. The summed E-state index contributed by atoms with van der Waals surface area (Å²) in [5, 5.41) is 3.31. The summed E-state index contributed by atoms with van der Waals surface area (Å²) < 4.78 is 19.1. The van der Waals surface area contributed by atoms with E-state index in [0.717, 1.165) is 17.9 Å². The first-order valence-corrected chi connectivity index (χ1v) is 6.38. The quantitative estimate of drug-likeness (QED) is 0.887. The molecule has 2 nitrogen and oxygen atoms in total. The number of methoxy groups -OCH3 is 1. The van der Waals surface area contributed by atoms with Crippen molar-refractivity contribution in [1.29, 1.82) is 0 Å². The summed E-state index contributed by atoms with van der Waals surface area (Å²) in [6.07, 6.45) is 0. The topological polar surface area (TPSA) is 21.3 Å². The van der Waals surface area contributed by atoms with Crippen LogP contribution in [0.2, 0.25) is 0 Å². The monoisotopic (exact) mass is 259 g/mol. The standard InChI is InChI=1S/C16H18FNO/c1-3-18-16(14-6-4-5-7-15(14)17)12-8-10-13(19-2)11-9-12/h4-11,16,18H,3H2,1-2H3. The first kappa shape index (κ1) is 13.6. The van der Waals surface area contributed by atoms with Crippen LogP contribution in [0.3, 0.4) is 0 Å². The van der Waals surface area contributed by atoms with Gasteiger partial charge in [0.1, 0.15) is 11.6 Å². The minimum absolute atomic E-state index is 0.142. The van der Waals surface area contributed by atoms with E-state index in [1.165, 1.54) is 6.07 Å². The fourth-order valence-corrected chi connectivity index (χ4v) is 2.12. The Morgan fingerprint density at radius 1 is 1.11 bits per heavy atom. The Balaban J connectivity index is 2.36. The number of hydrogen-bond acceptors (Lipinski definition) is 2. The molecule has 0 aliphatic heterocycles. The van der Waals surface area contributed by atoms with Gasteiger partial charge in [0.2, 0.25) is 0 Å². The van der Waals surface area contributed by atoms with Gasteiger partial charge >= 0.3 is 0 Å². The van der Waals surface area contributed by atoms with Crippen LogP contribution in [0, 0.1) is 5.82 Å². The van der Waals surface area contributed by atoms with Gasteiger partial charge in [0, 0.05) is 5.56 Å². The molecule has 0 saturated carbocycles. The van der Waals surface area contributed by atoms with E-state index in [-0.39, 0.29) is 11.9 Å². The number of benzene rings is 2. The van der Waals surface area contributed by atoms with Crippen molar-refractivity contribution in [3.05, 3.63) is 65.5 Å². The Morgan fingerprint density at radius 2 is 1.79 bits per heavy atom. The highest BCUT2D eigenvalue weighted by atomic mass is 19.1. The zero-order valence-electron chi connectivity index (χ0n) is 11.2. The Labute approximate surface area is 113 Å². The highest BCUT2D eigenvalue weighted by Gasteiger charge is 2.16. The van der Waals surface area contributed by atoms with E-state index in [1.807, 2.05) is 43.3 Å². The molecular formula is C16H18FNO. The zero-order chi connectivity index (χ0) is 13.7. The Morgan fingerprint density at radius 3 is 2.37 bits per heavy atom. The van der Waals surface area contributed by atoms with E-state index in [2.05, 4.69) is 5.32 Å². The van der Waals surface area contributed by atoms with Gasteiger partial charge in [-0.05, 0) is 30.3 Å². The lowest BCUT2D eigenvalue weighted by Gasteiger charge is -2.19. The van der Waals surface area contributed by atoms with Crippen molar-refractivity contribution in [2.24, 2.45) is 0 Å². The predicted octanol–water partition coefficient (Wildman–Crippen LogP) is 3.53. The van der Waals surface area contributed by atoms with Gasteiger partial charge < -0.3 is 10.1 Å². The number of halogens is 1. The molecular weight excluding hydrogens is 241 g/mol. The average molecular weight is 259 g/mol. The third kappa shape index (κ3) is 3.12. The Hall–Kier alpha value is -1.87. The maximum absolute atomic E-state index is 13.9. The van der Waals surface area contributed by atoms with Gasteiger partial charge in [0.25, 0.3) is 0 Å². The molecule has 19 heavy (non-hydrogen) atoms. The summed E-state index contributed by atoms with van der Waals surface area (Å²) >= 11 is 0. The van der Waals surface area contributed by atoms with Crippen molar-refractivity contribution in [2.45, 2.75) is 13.0 Å². The second-order valence-electron chi connectivity index (χ2n) is 4.29. The second-order valence-corrected chi connectivity index (χ2v) is 4.29. The van der Waals surface area contributed by atoms with Crippen LogP contribution >= 0.6 is 0 Å². The fraction of sp³-hybridized carbons (Fsp3) is 0.250. The second kappa shape index (κ2) is 6.34. The highest BCUT2D eigenvalue weighted by Crippen LogP contribution is 2.25. The normalized spacial score (nSPS) is 12.2. The smallest absolute Gasteiger partial charge is 0.128 e. The number of rotatable bonds is 5. The van der Waals surface area contributed by atoms with E-state index < -0.39 is 0 Å². The largest absolute Gasteiger partial charge is 0.497 e. The minimum Gasteiger partial charge on any atom is -0.497 e. The first-order valence-electron chi connectivity index (χ1n) is 6.38. The van der Waals surface area contributed by atoms with Crippen molar-refractivity contribution in [3.63, 3.8) is 0 Å². The lowest BCUT2D eigenvalue weighted by atomic mass is 9.98. The van der Waals surface area contributed by atoms with Crippen LogP contribution in [0.4, 0.5) is 4.39 Å². The molecule has 1 N–H and O–H groups in total. The van der Waals surface area contributed by atoms with Crippen molar-refractivity contribution >= 4 is 0 Å². The molecule has 3 heteroatoms. The average Bonchev–Trinajstić information content (AvgIpc) is 2.46. The molecule has 0 aliphatic carbocycles. The van der Waals surface area contributed by atoms with Gasteiger partial charge in [0.05, 0.1) is 13.2 Å². The molecule has 2 aromatic carbocycles. The van der Waals surface area contributed by atoms with Crippen LogP contribution in [0.1, 0.15) is 24.1 Å². The molecule has 2 rings (SSSR count). The van der Waals surface area contributed by atoms with Crippen molar-refractivity contribution in [3.8, 4) is 5.75 Å². The minimum atomic E-state index is -0.190. The van der Waals surface area contributed by atoms with Crippen LogP contribution in [-0.2, 0) is 0 Å². The maximum atomic E-state index is 13.9. The van der Waals surface area contributed by atoms with Gasteiger partial charge in [-0.2, -0.15) is 0 Å². The van der Waals surface area contributed by atoms with Gasteiger partial charge in [-0.1, -0.05) is 37.3 Å². The molecule has 0 bridgehead atoms. The van der Waals surface area contributed by atoms with Crippen LogP contribution in [-0.4, -0.2) is 13.7 Å². The molecule has 0 fully saturated rings. The van der Waals surface area contributed by atoms with E-state index >= 15 is 0 Å². The van der Waals surface area contributed by atoms with Crippen molar-refractivity contribution < 1.29 is 9.13 Å². The molecule has 0 heterocycles. The number of ether oxygens (including phenoxy) is 1. The SMILES string of the molecule is CCNC(c1ccc(OC)cc1)c1ccccc1F. The molecule has 2 aromatic rings. The summed E-state index contributed by atoms with van der Waals surface area (Å²) in [6, 6.07) is 14.4. The summed E-state index contributed by atoms with van der Waals surface area (Å²) in [5.41, 5.74) is 1.68. The van der Waals surface area contributed by atoms with Crippen LogP contribution < -0.4 is 10.1 Å². The molecule has 1 unspecified atom stereocenters. The summed E-state index contributed by atoms with van der Waals surface area (Å²) in [5.74, 6) is 0.608. The Bertz CT molecular complexity index is 525. The third-order valence-corrected chi connectivity index (χ3v) is 3.07. The summed E-state index contributed by atoms with van der Waals surface area (Å²) in [6.45, 7) is 2.78. The molecule has 0 aromatic heterocycles. The third-order valence-electron chi connectivity index (χ3n) is 3.07. The lowest BCUT2D eigenvalue weighted by molar-refractivity contribution is 0.414. The lowest BCUT2D eigenvalue weighted by Crippen LogP contribution is -2.22. The van der Waals surface area contributed by atoms with Crippen molar-refractivity contribution in [2.75, 3.05) is 13.7 Å². The van der Waals surface area contributed by atoms with Gasteiger partial charge in [-0.15, -0.1) is 0 Å². The Kier molecular flexibility index (Phi) is 4.53. The molecule has 0 saturated heterocycles. The number of nitrogens with one attached hydrogen (secondary N) is 1. The van der Waals surface area contributed by atoms with Crippen molar-refractivity contribution in [1.82, 2.24) is 5.32 Å². The highest BCUT2D eigenvalue weighted by molar-refractivity contribution is 5.36. The van der Waals surface area contributed by atoms with E-state index in [1.54, 1.807) is 13.2 Å². The molecule has 0 spiro atoms. The number of hydrogen-bond donors (Lipinski definition) is 1. The van der Waals surface area contributed by atoms with Gasteiger partial charge in [-0.25, -0.2) is 4.39 Å². The summed E-state index contributed by atoms with van der Waals surface area (Å²) in [7, 11) is 1.63. The first-order chi connectivity index (χ1) is 9.26. The predicted molar refractivity (Wildman–Crippen MR) is 74.9 cm³/mol. The van der Waals surface area contributed by atoms with E-state index in [4.69, 9.17) is 4.74 Å². The van der Waals surface area contributed by atoms with E-state index in [0.29, 0.717) is 5.56 Å². The molecule has 100 valence electrons. The van der Waals surface area contributed by atoms with Gasteiger partial charge in [0.15, 0.2) is 0 Å². The van der Waals surface area contributed by atoms with Crippen LogP contribution in [0.15, 0.2) is 48.5 Å².